The molecule has 1 atom stereocenters. The fourth-order valence-electron chi connectivity index (χ4n) is 4.68. The number of H-pyrrole nitrogens is 1. The minimum Gasteiger partial charge on any atom is -0.507 e. The van der Waals surface area contributed by atoms with Crippen LogP contribution in [-0.4, -0.2) is 56.1 Å². The number of carbonyl (C=O) groups is 3. The van der Waals surface area contributed by atoms with Gasteiger partial charge in [0.1, 0.15) is 30.3 Å². The summed E-state index contributed by atoms with van der Waals surface area (Å²) in [5.41, 5.74) is 10.7. The molecule has 3 aromatic carbocycles. The number of phenolic OH excluding ortho intramolecular Hbond substituents is 1. The number of hydrogen-bond acceptors (Lipinski definition) is 9. The normalized spacial score (nSPS) is 11.4. The molecule has 0 spiro atoms. The summed E-state index contributed by atoms with van der Waals surface area (Å²) in [7, 11) is 1.28. The lowest BCUT2D eigenvalue weighted by Crippen LogP contribution is -2.35. The van der Waals surface area contributed by atoms with Crippen molar-refractivity contribution in [1.82, 2.24) is 19.5 Å². The lowest BCUT2D eigenvalue weighted by Gasteiger charge is -2.11. The van der Waals surface area contributed by atoms with E-state index in [0.29, 0.717) is 17.8 Å². The van der Waals surface area contributed by atoms with Gasteiger partial charge in [-0.3, -0.25) is 19.1 Å². The number of ether oxygens (including phenoxy) is 2. The first-order chi connectivity index (χ1) is 21.4. The highest BCUT2D eigenvalue weighted by Gasteiger charge is 2.18. The van der Waals surface area contributed by atoms with Crippen molar-refractivity contribution in [3.63, 3.8) is 0 Å². The standard InChI is InChI=1S/C19H14N2O3.C14H15N3O3/c1-24-19(23)14-10-11(6-7-16(14)22)17-18-13(8-9-20-17)12-4-2-3-5-15(12)21-18;15-13(6-12-7-16-9-17(12)10-18)14(19)20-8-11-4-2-1-3-5-11/h2-10,21-22H,1H3;1-5,7,9-10,13H,6,8,15H2. The molecule has 3 heterocycles. The second-order valence-electron chi connectivity index (χ2n) is 9.78. The molecule has 6 aromatic rings. The third-order valence-electron chi connectivity index (χ3n) is 6.92. The molecule has 11 nitrogen and oxygen atoms in total. The Morgan fingerprint density at radius 3 is 2.59 bits per heavy atom. The Kier molecular flexibility index (Phi) is 9.07. The molecule has 0 radical (unpaired) electrons. The number of fused-ring (bicyclic) bond motifs is 3. The van der Waals surface area contributed by atoms with Crippen molar-refractivity contribution < 1.29 is 29.0 Å². The Hall–Kier alpha value is -5.81. The van der Waals surface area contributed by atoms with Gasteiger partial charge in [0, 0.05) is 46.4 Å². The molecule has 0 aliphatic heterocycles. The predicted octanol–water partition coefficient (Wildman–Crippen LogP) is 4.41. The monoisotopic (exact) mass is 591 g/mol. The Bertz CT molecular complexity index is 1930. The first kappa shape index (κ1) is 29.7. The van der Waals surface area contributed by atoms with E-state index in [-0.39, 0.29) is 24.3 Å². The van der Waals surface area contributed by atoms with Gasteiger partial charge < -0.3 is 25.3 Å². The molecule has 0 amide bonds. The van der Waals surface area contributed by atoms with E-state index < -0.39 is 18.0 Å². The number of esters is 2. The van der Waals surface area contributed by atoms with Crippen LogP contribution in [0, 0.1) is 0 Å². The molecule has 3 aromatic heterocycles. The van der Waals surface area contributed by atoms with E-state index in [1.54, 1.807) is 18.3 Å². The van der Waals surface area contributed by atoms with Gasteiger partial charge in [-0.05, 0) is 35.9 Å². The van der Waals surface area contributed by atoms with E-state index >= 15 is 0 Å². The number of nitrogens with one attached hydrogen (secondary N) is 1. The first-order valence-corrected chi connectivity index (χ1v) is 13.6. The van der Waals surface area contributed by atoms with Crippen LogP contribution in [-0.2, 0) is 32.1 Å². The van der Waals surface area contributed by atoms with Crippen LogP contribution < -0.4 is 5.73 Å². The van der Waals surface area contributed by atoms with Gasteiger partial charge >= 0.3 is 11.9 Å². The number of aromatic hydroxyl groups is 1. The molecular formula is C33H29N5O6. The average molecular weight is 592 g/mol. The number of nitrogens with zero attached hydrogens (tertiary/aromatic N) is 3. The number of rotatable bonds is 8. The van der Waals surface area contributed by atoms with Crippen LogP contribution in [0.1, 0.15) is 21.6 Å². The maximum atomic E-state index is 11.8. The molecule has 0 aliphatic rings. The lowest BCUT2D eigenvalue weighted by atomic mass is 10.0. The zero-order valence-corrected chi connectivity index (χ0v) is 23.7. The molecule has 1 unspecified atom stereocenters. The highest BCUT2D eigenvalue weighted by Crippen LogP contribution is 2.33. The zero-order valence-electron chi connectivity index (χ0n) is 23.7. The molecule has 0 saturated heterocycles. The molecule has 44 heavy (non-hydrogen) atoms. The maximum Gasteiger partial charge on any atom is 0.341 e. The SMILES string of the molecule is COC(=O)c1cc(-c2nccc3c2[nH]c2ccccc23)ccc1O.NC(Cc1cncn1C=O)C(=O)OCc1ccccc1. The third kappa shape index (κ3) is 6.48. The molecule has 0 fully saturated rings. The topological polar surface area (TPSA) is 162 Å². The minimum atomic E-state index is -0.825. The summed E-state index contributed by atoms with van der Waals surface area (Å²) in [6, 6.07) is 23.3. The molecule has 0 saturated carbocycles. The van der Waals surface area contributed by atoms with E-state index in [2.05, 4.69) is 21.0 Å². The van der Waals surface area contributed by atoms with E-state index in [4.69, 9.17) is 15.2 Å². The highest BCUT2D eigenvalue weighted by molar-refractivity contribution is 6.11. The van der Waals surface area contributed by atoms with Gasteiger partial charge in [0.05, 0.1) is 18.3 Å². The summed E-state index contributed by atoms with van der Waals surface area (Å²) < 4.78 is 11.1. The Labute approximate surface area is 251 Å². The van der Waals surface area contributed by atoms with Crippen molar-refractivity contribution in [2.75, 3.05) is 7.11 Å². The van der Waals surface area contributed by atoms with Gasteiger partial charge in [-0.2, -0.15) is 0 Å². The second-order valence-corrected chi connectivity index (χ2v) is 9.78. The Morgan fingerprint density at radius 2 is 1.82 bits per heavy atom. The molecule has 0 bridgehead atoms. The van der Waals surface area contributed by atoms with E-state index in [1.165, 1.54) is 30.3 Å². The summed E-state index contributed by atoms with van der Waals surface area (Å²) in [6.07, 6.45) is 5.42. The summed E-state index contributed by atoms with van der Waals surface area (Å²) >= 11 is 0. The number of benzene rings is 3. The molecule has 11 heteroatoms. The van der Waals surface area contributed by atoms with Crippen LogP contribution in [0.3, 0.4) is 0 Å². The van der Waals surface area contributed by atoms with E-state index in [0.717, 1.165) is 32.9 Å². The van der Waals surface area contributed by atoms with Gasteiger partial charge in [-0.1, -0.05) is 48.5 Å². The second kappa shape index (κ2) is 13.4. The quantitative estimate of drug-likeness (QED) is 0.172. The maximum absolute atomic E-state index is 11.8. The summed E-state index contributed by atoms with van der Waals surface area (Å²) in [4.78, 5) is 46.0. The molecule has 6 rings (SSSR count). The molecular weight excluding hydrogens is 562 g/mol. The number of carbonyl (C=O) groups excluding carboxylic acids is 3. The lowest BCUT2D eigenvalue weighted by molar-refractivity contribution is -0.146. The number of aromatic nitrogens is 4. The number of pyridine rings is 1. The Morgan fingerprint density at radius 1 is 1.05 bits per heavy atom. The molecule has 4 N–H and O–H groups in total. The zero-order chi connectivity index (χ0) is 31.1. The number of para-hydroxylation sites is 1. The summed E-state index contributed by atoms with van der Waals surface area (Å²) in [5.74, 6) is -1.21. The number of hydrogen-bond donors (Lipinski definition) is 3. The molecule has 222 valence electrons. The van der Waals surface area contributed by atoms with Crippen molar-refractivity contribution in [1.29, 1.82) is 0 Å². The van der Waals surface area contributed by atoms with E-state index in [9.17, 15) is 19.5 Å². The smallest absolute Gasteiger partial charge is 0.341 e. The van der Waals surface area contributed by atoms with Crippen LogP contribution in [0.25, 0.3) is 33.1 Å². The first-order valence-electron chi connectivity index (χ1n) is 13.6. The van der Waals surface area contributed by atoms with Crippen molar-refractivity contribution in [3.8, 4) is 17.0 Å². The van der Waals surface area contributed by atoms with E-state index in [1.807, 2.05) is 54.6 Å². The highest BCUT2D eigenvalue weighted by atomic mass is 16.5. The van der Waals surface area contributed by atoms with Crippen LogP contribution in [0.5, 0.6) is 5.75 Å². The fourth-order valence-corrected chi connectivity index (χ4v) is 4.68. The van der Waals surface area contributed by atoms with Gasteiger partial charge in [-0.15, -0.1) is 0 Å². The summed E-state index contributed by atoms with van der Waals surface area (Å²) in [6.45, 7) is 0.181. The predicted molar refractivity (Wildman–Crippen MR) is 164 cm³/mol. The van der Waals surface area contributed by atoms with Crippen molar-refractivity contribution >= 4 is 40.2 Å². The number of phenols is 1. The van der Waals surface area contributed by atoms with Crippen LogP contribution >= 0.6 is 0 Å². The van der Waals surface area contributed by atoms with Crippen molar-refractivity contribution in [3.05, 3.63) is 114 Å². The average Bonchev–Trinajstić information content (AvgIpc) is 3.68. The van der Waals surface area contributed by atoms with Crippen molar-refractivity contribution in [2.45, 2.75) is 19.1 Å². The fraction of sp³-hybridized carbons (Fsp3) is 0.121. The summed E-state index contributed by atoms with van der Waals surface area (Å²) in [5, 5.41) is 12.1. The van der Waals surface area contributed by atoms with Gasteiger partial charge in [0.15, 0.2) is 0 Å². The van der Waals surface area contributed by atoms with Crippen LogP contribution in [0.4, 0.5) is 0 Å². The number of aromatic amines is 1. The number of methoxy groups -OCH3 is 1. The molecule has 0 aliphatic carbocycles. The minimum absolute atomic E-state index is 0.116. The van der Waals surface area contributed by atoms with Crippen LogP contribution in [0.2, 0.25) is 0 Å². The van der Waals surface area contributed by atoms with Crippen LogP contribution in [0.15, 0.2) is 97.6 Å². The third-order valence-corrected chi connectivity index (χ3v) is 6.92. The van der Waals surface area contributed by atoms with Gasteiger partial charge in [-0.25, -0.2) is 9.78 Å². The number of nitrogens with two attached hydrogens (primary N) is 1. The Balaban J connectivity index is 0.000000178. The van der Waals surface area contributed by atoms with Gasteiger partial charge in [0.2, 0.25) is 6.41 Å². The van der Waals surface area contributed by atoms with Crippen molar-refractivity contribution in [2.24, 2.45) is 5.73 Å². The number of imidazole rings is 1. The largest absolute Gasteiger partial charge is 0.507 e. The van der Waals surface area contributed by atoms with Gasteiger partial charge in [0.25, 0.3) is 0 Å².